The molecule has 0 amide bonds. The molecule has 0 N–H and O–H groups in total. The summed E-state index contributed by atoms with van der Waals surface area (Å²) in [4.78, 5) is 2.64. The topological polar surface area (TPSA) is 3.24 Å². The number of hydrogen-bond acceptors (Lipinski definition) is 1. The fraction of sp³-hybridized carbons (Fsp3) is 1.00. The second-order valence-corrected chi connectivity index (χ2v) is 5.35. The van der Waals surface area contributed by atoms with Gasteiger partial charge in [0.2, 0.25) is 0 Å². The summed E-state index contributed by atoms with van der Waals surface area (Å²) >= 11 is 0. The van der Waals surface area contributed by atoms with Gasteiger partial charge in [-0.25, -0.2) is 0 Å². The first-order valence-electron chi connectivity index (χ1n) is 7.57. The molecule has 0 aromatic heterocycles. The SMILES string of the molecule is CC.CCN1CCCC2(CCCCC2)CC1. The fourth-order valence-electron chi connectivity index (χ4n) is 3.43. The largest absolute Gasteiger partial charge is 0.304 e. The summed E-state index contributed by atoms with van der Waals surface area (Å²) < 4.78 is 0. The molecular weight excluding hydrogens is 194 g/mol. The van der Waals surface area contributed by atoms with E-state index in [4.69, 9.17) is 0 Å². The lowest BCUT2D eigenvalue weighted by atomic mass is 9.69. The van der Waals surface area contributed by atoms with Crippen molar-refractivity contribution in [2.24, 2.45) is 5.41 Å². The number of likely N-dealkylation sites (tertiary alicyclic amines) is 1. The predicted molar refractivity (Wildman–Crippen MR) is 72.8 cm³/mol. The van der Waals surface area contributed by atoms with Crippen molar-refractivity contribution in [3.05, 3.63) is 0 Å². The molecule has 0 aromatic rings. The van der Waals surface area contributed by atoms with Crippen LogP contribution in [-0.2, 0) is 0 Å². The van der Waals surface area contributed by atoms with E-state index < -0.39 is 0 Å². The molecule has 1 aliphatic heterocycles. The molecule has 1 aliphatic carbocycles. The van der Waals surface area contributed by atoms with Crippen molar-refractivity contribution < 1.29 is 0 Å². The highest BCUT2D eigenvalue weighted by Gasteiger charge is 2.33. The molecule has 0 bridgehead atoms. The molecule has 1 saturated heterocycles. The molecule has 0 atom stereocenters. The third-order valence-corrected chi connectivity index (χ3v) is 4.50. The minimum absolute atomic E-state index is 0.780. The Hall–Kier alpha value is -0.0400. The van der Waals surface area contributed by atoms with E-state index >= 15 is 0 Å². The monoisotopic (exact) mass is 225 g/mol. The van der Waals surface area contributed by atoms with Crippen molar-refractivity contribution in [1.82, 2.24) is 4.90 Å². The number of hydrogen-bond donors (Lipinski definition) is 0. The zero-order valence-corrected chi connectivity index (χ0v) is 11.7. The first-order valence-corrected chi connectivity index (χ1v) is 7.57. The van der Waals surface area contributed by atoms with Gasteiger partial charge in [0.1, 0.15) is 0 Å². The van der Waals surface area contributed by atoms with Gasteiger partial charge in [-0.15, -0.1) is 0 Å². The Morgan fingerprint density at radius 3 is 2.06 bits per heavy atom. The molecule has 0 radical (unpaired) electrons. The van der Waals surface area contributed by atoms with Crippen LogP contribution in [0.2, 0.25) is 0 Å². The molecule has 1 heteroatoms. The quantitative estimate of drug-likeness (QED) is 0.636. The van der Waals surface area contributed by atoms with E-state index in [9.17, 15) is 0 Å². The maximum Gasteiger partial charge on any atom is -0.00136 e. The fourth-order valence-corrected chi connectivity index (χ4v) is 3.43. The van der Waals surface area contributed by atoms with Crippen LogP contribution >= 0.6 is 0 Å². The lowest BCUT2D eigenvalue weighted by Crippen LogP contribution is -2.27. The molecule has 2 aliphatic rings. The highest BCUT2D eigenvalue weighted by atomic mass is 15.1. The number of rotatable bonds is 1. The Kier molecular flexibility index (Phi) is 6.41. The standard InChI is InChI=1S/C13H25N.C2H6/c1-2-14-11-6-9-13(10-12-14)7-4-3-5-8-13;1-2/h2-12H2,1H3;1-2H3. The van der Waals surface area contributed by atoms with Crippen molar-refractivity contribution in [2.45, 2.75) is 72.1 Å². The molecule has 1 heterocycles. The molecule has 0 unspecified atom stereocenters. The molecule has 0 aromatic carbocycles. The summed E-state index contributed by atoms with van der Waals surface area (Å²) in [5.41, 5.74) is 0.780. The summed E-state index contributed by atoms with van der Waals surface area (Å²) in [5, 5.41) is 0. The zero-order valence-electron chi connectivity index (χ0n) is 11.7. The predicted octanol–water partition coefficient (Wildman–Crippen LogP) is 4.47. The van der Waals surface area contributed by atoms with Gasteiger partial charge in [-0.1, -0.05) is 40.0 Å². The minimum atomic E-state index is 0.780. The van der Waals surface area contributed by atoms with Gasteiger partial charge < -0.3 is 4.90 Å². The smallest absolute Gasteiger partial charge is 0.00136 e. The Morgan fingerprint density at radius 1 is 0.812 bits per heavy atom. The van der Waals surface area contributed by atoms with Crippen molar-refractivity contribution in [2.75, 3.05) is 19.6 Å². The molecule has 1 nitrogen and oxygen atoms in total. The van der Waals surface area contributed by atoms with Crippen LogP contribution in [0.3, 0.4) is 0 Å². The molecule has 1 saturated carbocycles. The highest BCUT2D eigenvalue weighted by molar-refractivity contribution is 4.86. The van der Waals surface area contributed by atoms with Crippen LogP contribution in [0.4, 0.5) is 0 Å². The van der Waals surface area contributed by atoms with Crippen LogP contribution in [-0.4, -0.2) is 24.5 Å². The Bertz CT molecular complexity index is 170. The van der Waals surface area contributed by atoms with E-state index in [-0.39, 0.29) is 0 Å². The van der Waals surface area contributed by atoms with Crippen LogP contribution in [0.5, 0.6) is 0 Å². The molecular formula is C15H31N. The zero-order chi connectivity index (χ0) is 11.9. The average Bonchev–Trinajstić information content (AvgIpc) is 2.56. The van der Waals surface area contributed by atoms with Crippen LogP contribution in [0, 0.1) is 5.41 Å². The van der Waals surface area contributed by atoms with E-state index in [2.05, 4.69) is 11.8 Å². The lowest BCUT2D eigenvalue weighted by Gasteiger charge is -2.36. The molecule has 16 heavy (non-hydrogen) atoms. The van der Waals surface area contributed by atoms with E-state index in [0.717, 1.165) is 5.41 Å². The van der Waals surface area contributed by atoms with Gasteiger partial charge in [0.25, 0.3) is 0 Å². The van der Waals surface area contributed by atoms with Crippen LogP contribution in [0.1, 0.15) is 72.1 Å². The highest BCUT2D eigenvalue weighted by Crippen LogP contribution is 2.44. The molecule has 2 rings (SSSR count). The van der Waals surface area contributed by atoms with Gasteiger partial charge in [-0.2, -0.15) is 0 Å². The first kappa shape index (κ1) is 14.0. The normalized spacial score (nSPS) is 25.7. The van der Waals surface area contributed by atoms with Gasteiger partial charge in [0.05, 0.1) is 0 Å². The van der Waals surface area contributed by atoms with E-state index in [1.807, 2.05) is 13.8 Å². The maximum atomic E-state index is 2.64. The van der Waals surface area contributed by atoms with E-state index in [1.54, 1.807) is 0 Å². The molecule has 2 fully saturated rings. The Balaban J connectivity index is 0.000000606. The lowest BCUT2D eigenvalue weighted by molar-refractivity contribution is 0.158. The van der Waals surface area contributed by atoms with Gasteiger partial charge in [-0.3, -0.25) is 0 Å². The summed E-state index contributed by atoms with van der Waals surface area (Å²) in [6.45, 7) is 10.3. The van der Waals surface area contributed by atoms with Crippen LogP contribution < -0.4 is 0 Å². The van der Waals surface area contributed by atoms with Crippen molar-refractivity contribution in [3.8, 4) is 0 Å². The van der Waals surface area contributed by atoms with Gasteiger partial charge >= 0.3 is 0 Å². The summed E-state index contributed by atoms with van der Waals surface area (Å²) in [6.07, 6.45) is 12.0. The van der Waals surface area contributed by atoms with Crippen LogP contribution in [0.15, 0.2) is 0 Å². The Labute approximate surface area is 103 Å². The van der Waals surface area contributed by atoms with Gasteiger partial charge in [0.15, 0.2) is 0 Å². The Morgan fingerprint density at radius 2 is 1.44 bits per heavy atom. The average molecular weight is 225 g/mol. The van der Waals surface area contributed by atoms with E-state index in [0.29, 0.717) is 0 Å². The van der Waals surface area contributed by atoms with Crippen molar-refractivity contribution in [1.29, 1.82) is 0 Å². The maximum absolute atomic E-state index is 2.64. The number of nitrogens with zero attached hydrogens (tertiary/aromatic N) is 1. The van der Waals surface area contributed by atoms with Crippen molar-refractivity contribution in [3.63, 3.8) is 0 Å². The third-order valence-electron chi connectivity index (χ3n) is 4.50. The summed E-state index contributed by atoms with van der Waals surface area (Å²) in [6, 6.07) is 0. The van der Waals surface area contributed by atoms with E-state index in [1.165, 1.54) is 71.0 Å². The van der Waals surface area contributed by atoms with Gasteiger partial charge in [0, 0.05) is 0 Å². The van der Waals surface area contributed by atoms with Crippen molar-refractivity contribution >= 4 is 0 Å². The summed E-state index contributed by atoms with van der Waals surface area (Å²) in [7, 11) is 0. The van der Waals surface area contributed by atoms with Gasteiger partial charge in [-0.05, 0) is 57.2 Å². The third kappa shape index (κ3) is 3.76. The summed E-state index contributed by atoms with van der Waals surface area (Å²) in [5.74, 6) is 0. The minimum Gasteiger partial charge on any atom is -0.304 e. The first-order chi connectivity index (χ1) is 7.85. The molecule has 96 valence electrons. The second-order valence-electron chi connectivity index (χ2n) is 5.35. The van der Waals surface area contributed by atoms with Crippen LogP contribution in [0.25, 0.3) is 0 Å². The second kappa shape index (κ2) is 7.32. The molecule has 1 spiro atoms.